The van der Waals surface area contributed by atoms with Gasteiger partial charge in [0, 0.05) is 0 Å². The lowest BCUT2D eigenvalue weighted by Crippen LogP contribution is -2.35. The fourth-order valence-corrected chi connectivity index (χ4v) is 3.47. The molecule has 0 unspecified atom stereocenters. The molecule has 0 heterocycles. The fraction of sp³-hybridized carbons (Fsp3) is 0.455. The monoisotopic (exact) mass is 194 g/mol. The van der Waals surface area contributed by atoms with Crippen LogP contribution >= 0.6 is 0 Å². The highest BCUT2D eigenvalue weighted by Crippen LogP contribution is 2.17. The van der Waals surface area contributed by atoms with E-state index in [1.165, 1.54) is 5.56 Å². The predicted molar refractivity (Wildman–Crippen MR) is 59.1 cm³/mol. The molecule has 0 fully saturated rings. The van der Waals surface area contributed by atoms with Crippen molar-refractivity contribution in [2.45, 2.75) is 32.0 Å². The van der Waals surface area contributed by atoms with Gasteiger partial charge in [-0.1, -0.05) is 44.2 Å². The number of rotatable bonds is 4. The lowest BCUT2D eigenvalue weighted by atomic mass is 10.2. The summed E-state index contributed by atoms with van der Waals surface area (Å²) in [6.07, 6.45) is 0. The van der Waals surface area contributed by atoms with E-state index in [9.17, 15) is 4.80 Å². The van der Waals surface area contributed by atoms with E-state index in [0.29, 0.717) is 0 Å². The second-order valence-electron chi connectivity index (χ2n) is 3.59. The van der Waals surface area contributed by atoms with Gasteiger partial charge in [-0.2, -0.15) is 0 Å². The summed E-state index contributed by atoms with van der Waals surface area (Å²) >= 11 is 0. The molecule has 0 aromatic heterocycles. The molecule has 0 radical (unpaired) electrons. The molecule has 1 aromatic carbocycles. The van der Waals surface area contributed by atoms with E-state index in [4.69, 9.17) is 0 Å². The highest BCUT2D eigenvalue weighted by Gasteiger charge is 2.26. The Bertz CT molecular complexity index is 242. The van der Waals surface area contributed by atoms with Gasteiger partial charge in [-0.15, -0.1) is 0 Å². The Morgan fingerprint density at radius 1 is 1.08 bits per heavy atom. The molecule has 72 valence electrons. The summed E-state index contributed by atoms with van der Waals surface area (Å²) in [6, 6.07) is 13.1. The minimum atomic E-state index is -1.94. The second kappa shape index (κ2) is 4.58. The summed E-state index contributed by atoms with van der Waals surface area (Å²) in [6.45, 7) is 4.19. The van der Waals surface area contributed by atoms with Crippen molar-refractivity contribution in [3.05, 3.63) is 35.9 Å². The summed E-state index contributed by atoms with van der Waals surface area (Å²) in [4.78, 5) is 10.2. The number of hydrogen-bond donors (Lipinski definition) is 1. The molecule has 0 saturated carbocycles. The van der Waals surface area contributed by atoms with Crippen LogP contribution in [0.1, 0.15) is 19.4 Å². The smallest absolute Gasteiger partial charge is 0.192 e. The van der Waals surface area contributed by atoms with E-state index in [1.54, 1.807) is 0 Å². The average Bonchev–Trinajstić information content (AvgIpc) is 2.19. The molecule has 0 saturated heterocycles. The quantitative estimate of drug-likeness (QED) is 0.731. The van der Waals surface area contributed by atoms with Crippen molar-refractivity contribution in [2.75, 3.05) is 0 Å². The van der Waals surface area contributed by atoms with Crippen LogP contribution in [-0.2, 0) is 6.04 Å². The zero-order valence-electron chi connectivity index (χ0n) is 8.46. The molecular weight excluding hydrogens is 176 g/mol. The average molecular weight is 194 g/mol. The minimum absolute atomic E-state index is 0.904. The highest BCUT2D eigenvalue weighted by atomic mass is 28.4. The third-order valence-electron chi connectivity index (χ3n) is 2.69. The van der Waals surface area contributed by atoms with Crippen LogP contribution in [0.3, 0.4) is 0 Å². The summed E-state index contributed by atoms with van der Waals surface area (Å²) in [7, 11) is -1.94. The summed E-state index contributed by atoms with van der Waals surface area (Å²) < 4.78 is 0. The molecule has 0 amide bonds. The molecule has 1 aromatic rings. The topological polar surface area (TPSA) is 20.2 Å². The van der Waals surface area contributed by atoms with Gasteiger partial charge < -0.3 is 4.80 Å². The van der Waals surface area contributed by atoms with E-state index < -0.39 is 8.32 Å². The Balaban J connectivity index is 2.68. The van der Waals surface area contributed by atoms with E-state index in [2.05, 4.69) is 26.0 Å². The van der Waals surface area contributed by atoms with Crippen LogP contribution in [-0.4, -0.2) is 13.1 Å². The van der Waals surface area contributed by atoms with Crippen molar-refractivity contribution in [1.82, 2.24) is 0 Å². The van der Waals surface area contributed by atoms with Crippen molar-refractivity contribution >= 4 is 8.32 Å². The molecule has 0 spiro atoms. The minimum Gasteiger partial charge on any atom is -0.431 e. The van der Waals surface area contributed by atoms with Gasteiger partial charge in [0.1, 0.15) is 0 Å². The predicted octanol–water partition coefficient (Wildman–Crippen LogP) is 2.75. The summed E-state index contributed by atoms with van der Waals surface area (Å²) in [5.74, 6) is 0. The zero-order valence-corrected chi connectivity index (χ0v) is 9.46. The SMILES string of the molecule is CC[Si](O)(CC)Cc1ccccc1. The van der Waals surface area contributed by atoms with Crippen LogP contribution in [0.2, 0.25) is 12.1 Å². The normalized spacial score (nSPS) is 11.6. The standard InChI is InChI=1S/C11H18OSi/c1-3-13(12,4-2)10-11-8-6-5-7-9-11/h5-9,12H,3-4,10H2,1-2H3. The van der Waals surface area contributed by atoms with E-state index in [1.807, 2.05) is 18.2 Å². The van der Waals surface area contributed by atoms with Crippen molar-refractivity contribution in [3.63, 3.8) is 0 Å². The maximum Gasteiger partial charge on any atom is 0.192 e. The van der Waals surface area contributed by atoms with Crippen molar-refractivity contribution < 1.29 is 4.80 Å². The first-order chi connectivity index (χ1) is 6.20. The van der Waals surface area contributed by atoms with Crippen LogP contribution in [0.25, 0.3) is 0 Å². The molecule has 13 heavy (non-hydrogen) atoms. The Morgan fingerprint density at radius 3 is 2.08 bits per heavy atom. The van der Waals surface area contributed by atoms with Crippen molar-refractivity contribution in [3.8, 4) is 0 Å². The van der Waals surface area contributed by atoms with Crippen LogP contribution in [0.15, 0.2) is 30.3 Å². The van der Waals surface area contributed by atoms with Gasteiger partial charge in [0.15, 0.2) is 8.32 Å². The first kappa shape index (κ1) is 10.5. The van der Waals surface area contributed by atoms with Crippen LogP contribution in [0, 0.1) is 0 Å². The lowest BCUT2D eigenvalue weighted by Gasteiger charge is -2.21. The van der Waals surface area contributed by atoms with Gasteiger partial charge in [0.05, 0.1) is 0 Å². The molecule has 1 N–H and O–H groups in total. The third kappa shape index (κ3) is 2.97. The van der Waals surface area contributed by atoms with E-state index >= 15 is 0 Å². The number of hydrogen-bond acceptors (Lipinski definition) is 1. The van der Waals surface area contributed by atoms with Gasteiger partial charge in [-0.25, -0.2) is 0 Å². The Kier molecular flexibility index (Phi) is 3.69. The zero-order chi connectivity index (χ0) is 9.73. The number of benzene rings is 1. The molecule has 0 aliphatic rings. The van der Waals surface area contributed by atoms with Crippen LogP contribution in [0.5, 0.6) is 0 Å². The largest absolute Gasteiger partial charge is 0.431 e. The van der Waals surface area contributed by atoms with Gasteiger partial charge in [-0.05, 0) is 23.7 Å². The maximum atomic E-state index is 10.2. The lowest BCUT2D eigenvalue weighted by molar-refractivity contribution is 0.528. The first-order valence-electron chi connectivity index (χ1n) is 4.96. The van der Waals surface area contributed by atoms with Crippen molar-refractivity contribution in [1.29, 1.82) is 0 Å². The van der Waals surface area contributed by atoms with Crippen LogP contribution < -0.4 is 0 Å². The van der Waals surface area contributed by atoms with Crippen LogP contribution in [0.4, 0.5) is 0 Å². The fourth-order valence-electron chi connectivity index (χ4n) is 1.48. The highest BCUT2D eigenvalue weighted by molar-refractivity contribution is 6.71. The molecule has 1 rings (SSSR count). The van der Waals surface area contributed by atoms with Gasteiger partial charge in [-0.3, -0.25) is 0 Å². The first-order valence-corrected chi connectivity index (χ1v) is 7.53. The molecule has 0 atom stereocenters. The van der Waals surface area contributed by atoms with Crippen molar-refractivity contribution in [2.24, 2.45) is 0 Å². The Hall–Kier alpha value is -0.603. The summed E-state index contributed by atoms with van der Waals surface area (Å²) in [5, 5.41) is 0. The third-order valence-corrected chi connectivity index (χ3v) is 6.39. The Morgan fingerprint density at radius 2 is 1.62 bits per heavy atom. The maximum absolute atomic E-state index is 10.2. The van der Waals surface area contributed by atoms with E-state index in [0.717, 1.165) is 18.1 Å². The molecule has 0 aliphatic heterocycles. The Labute approximate surface area is 81.6 Å². The molecule has 0 bridgehead atoms. The van der Waals surface area contributed by atoms with Gasteiger partial charge >= 0.3 is 0 Å². The summed E-state index contributed by atoms with van der Waals surface area (Å²) in [5.41, 5.74) is 1.28. The molecule has 0 aliphatic carbocycles. The molecule has 2 heteroatoms. The van der Waals surface area contributed by atoms with Gasteiger partial charge in [0.2, 0.25) is 0 Å². The van der Waals surface area contributed by atoms with E-state index in [-0.39, 0.29) is 0 Å². The second-order valence-corrected chi connectivity index (χ2v) is 7.81. The van der Waals surface area contributed by atoms with Gasteiger partial charge in [0.25, 0.3) is 0 Å². The molecule has 1 nitrogen and oxygen atoms in total. The molecular formula is C11H18OSi.